The summed E-state index contributed by atoms with van der Waals surface area (Å²) in [5.74, 6) is 0.158. The first-order chi connectivity index (χ1) is 11.3. The number of aryl methyl sites for hydroxylation is 1. The lowest BCUT2D eigenvalue weighted by Gasteiger charge is -2.33. The van der Waals surface area contributed by atoms with Gasteiger partial charge in [-0.15, -0.1) is 0 Å². The lowest BCUT2D eigenvalue weighted by Crippen LogP contribution is -2.46. The molecular formula is C19H22N2O2. The van der Waals surface area contributed by atoms with Crippen molar-refractivity contribution in [3.8, 4) is 0 Å². The summed E-state index contributed by atoms with van der Waals surface area (Å²) in [7, 11) is 0. The molecule has 1 aromatic carbocycles. The van der Waals surface area contributed by atoms with E-state index in [1.807, 2.05) is 23.1 Å². The molecule has 0 N–H and O–H groups in total. The van der Waals surface area contributed by atoms with Crippen LogP contribution < -0.4 is 0 Å². The van der Waals surface area contributed by atoms with Crippen molar-refractivity contribution in [1.82, 2.24) is 9.88 Å². The minimum atomic E-state index is 0.127. The predicted octanol–water partition coefficient (Wildman–Crippen LogP) is 2.48. The highest BCUT2D eigenvalue weighted by Gasteiger charge is 2.24. The summed E-state index contributed by atoms with van der Waals surface area (Å²) in [6.45, 7) is 1.99. The van der Waals surface area contributed by atoms with Gasteiger partial charge in [-0.2, -0.15) is 0 Å². The molecule has 120 valence electrons. The molecule has 0 radical (unpaired) electrons. The minimum absolute atomic E-state index is 0.127. The topological polar surface area (TPSA) is 42.4 Å². The highest BCUT2D eigenvalue weighted by Crippen LogP contribution is 2.14. The molecular weight excluding hydrogens is 288 g/mol. The van der Waals surface area contributed by atoms with Gasteiger partial charge < -0.3 is 9.64 Å². The van der Waals surface area contributed by atoms with Crippen LogP contribution in [0.3, 0.4) is 0 Å². The van der Waals surface area contributed by atoms with E-state index in [1.54, 1.807) is 12.4 Å². The second-order valence-electron chi connectivity index (χ2n) is 5.89. The zero-order chi connectivity index (χ0) is 15.9. The molecule has 1 fully saturated rings. The lowest BCUT2D eigenvalue weighted by atomic mass is 10.1. The van der Waals surface area contributed by atoms with E-state index in [0.29, 0.717) is 26.1 Å². The normalized spacial score (nSPS) is 17.9. The fourth-order valence-electron chi connectivity index (χ4n) is 2.88. The van der Waals surface area contributed by atoms with Gasteiger partial charge in [0, 0.05) is 25.5 Å². The van der Waals surface area contributed by atoms with E-state index in [-0.39, 0.29) is 12.0 Å². The predicted molar refractivity (Wildman–Crippen MR) is 89.0 cm³/mol. The minimum Gasteiger partial charge on any atom is -0.375 e. The summed E-state index contributed by atoms with van der Waals surface area (Å²) in [4.78, 5) is 18.4. The van der Waals surface area contributed by atoms with E-state index in [9.17, 15) is 4.79 Å². The summed E-state index contributed by atoms with van der Waals surface area (Å²) in [6, 6.07) is 14.2. The molecule has 1 atom stereocenters. The third-order valence-corrected chi connectivity index (χ3v) is 4.17. The molecule has 0 spiro atoms. The fraction of sp³-hybridized carbons (Fsp3) is 0.368. The summed E-state index contributed by atoms with van der Waals surface area (Å²) in [5.41, 5.74) is 2.28. The Morgan fingerprint density at radius 1 is 1.17 bits per heavy atom. The largest absolute Gasteiger partial charge is 0.375 e. The van der Waals surface area contributed by atoms with E-state index in [4.69, 9.17) is 4.74 Å². The molecule has 1 aliphatic heterocycles. The molecule has 1 saturated heterocycles. The molecule has 4 nitrogen and oxygen atoms in total. The van der Waals surface area contributed by atoms with Crippen molar-refractivity contribution in [2.75, 3.05) is 19.7 Å². The van der Waals surface area contributed by atoms with Crippen LogP contribution in [0.25, 0.3) is 0 Å². The number of carbonyl (C=O) groups excluding carboxylic acids is 1. The number of aromatic nitrogens is 1. The number of nitrogens with zero attached hydrogens (tertiary/aromatic N) is 2. The number of hydrogen-bond acceptors (Lipinski definition) is 3. The van der Waals surface area contributed by atoms with Crippen LogP contribution in [0.2, 0.25) is 0 Å². The fourth-order valence-corrected chi connectivity index (χ4v) is 2.88. The first kappa shape index (κ1) is 15.7. The van der Waals surface area contributed by atoms with Gasteiger partial charge in [0.1, 0.15) is 0 Å². The van der Waals surface area contributed by atoms with Gasteiger partial charge in [-0.25, -0.2) is 0 Å². The van der Waals surface area contributed by atoms with Crippen LogP contribution in [0, 0.1) is 0 Å². The summed E-state index contributed by atoms with van der Waals surface area (Å²) in [6.07, 6.45) is 5.95. The van der Waals surface area contributed by atoms with Crippen LogP contribution in [0.4, 0.5) is 0 Å². The zero-order valence-electron chi connectivity index (χ0n) is 13.2. The van der Waals surface area contributed by atoms with Crippen molar-refractivity contribution in [3.63, 3.8) is 0 Å². The Morgan fingerprint density at radius 2 is 2.00 bits per heavy atom. The first-order valence-corrected chi connectivity index (χ1v) is 8.13. The Kier molecular flexibility index (Phi) is 5.37. The molecule has 23 heavy (non-hydrogen) atoms. The molecule has 2 heterocycles. The molecule has 0 saturated carbocycles. The van der Waals surface area contributed by atoms with Crippen LogP contribution in [-0.4, -0.2) is 41.6 Å². The van der Waals surface area contributed by atoms with Gasteiger partial charge in [0.15, 0.2) is 0 Å². The average Bonchev–Trinajstić information content (AvgIpc) is 2.62. The smallest absolute Gasteiger partial charge is 0.227 e. The van der Waals surface area contributed by atoms with Crippen molar-refractivity contribution < 1.29 is 9.53 Å². The van der Waals surface area contributed by atoms with Gasteiger partial charge in [0.2, 0.25) is 5.91 Å². The van der Waals surface area contributed by atoms with Gasteiger partial charge in [-0.05, 0) is 30.0 Å². The number of morpholine rings is 1. The monoisotopic (exact) mass is 310 g/mol. The van der Waals surface area contributed by atoms with Gasteiger partial charge in [-0.1, -0.05) is 36.4 Å². The van der Waals surface area contributed by atoms with Gasteiger partial charge in [-0.3, -0.25) is 9.78 Å². The van der Waals surface area contributed by atoms with Gasteiger partial charge >= 0.3 is 0 Å². The first-order valence-electron chi connectivity index (χ1n) is 8.13. The molecule has 1 aliphatic rings. The highest BCUT2D eigenvalue weighted by molar-refractivity contribution is 5.78. The van der Waals surface area contributed by atoms with Gasteiger partial charge in [0.25, 0.3) is 0 Å². The van der Waals surface area contributed by atoms with Crippen molar-refractivity contribution in [3.05, 3.63) is 66.0 Å². The van der Waals surface area contributed by atoms with Crippen molar-refractivity contribution in [1.29, 1.82) is 0 Å². The molecule has 1 aromatic heterocycles. The van der Waals surface area contributed by atoms with E-state index in [1.165, 1.54) is 5.56 Å². The zero-order valence-corrected chi connectivity index (χ0v) is 13.2. The molecule has 1 amide bonds. The number of carbonyl (C=O) groups is 1. The van der Waals surface area contributed by atoms with Crippen LogP contribution in [-0.2, 0) is 22.4 Å². The number of benzene rings is 1. The Labute approximate surface area is 137 Å². The summed E-state index contributed by atoms with van der Waals surface area (Å²) in [5, 5.41) is 0. The molecule has 1 unspecified atom stereocenters. The standard InChI is InChI=1S/C19H22N2O2/c22-19(13-17-7-4-10-20-14-17)21-11-12-23-18(15-21)9-8-16-5-2-1-3-6-16/h1-7,10,14,18H,8-9,11-13,15H2. The maximum atomic E-state index is 12.4. The number of ether oxygens (including phenoxy) is 1. The van der Waals surface area contributed by atoms with Crippen LogP contribution in [0.15, 0.2) is 54.9 Å². The lowest BCUT2D eigenvalue weighted by molar-refractivity contribution is -0.138. The second-order valence-corrected chi connectivity index (χ2v) is 5.89. The van der Waals surface area contributed by atoms with E-state index < -0.39 is 0 Å². The molecule has 3 rings (SSSR count). The highest BCUT2D eigenvalue weighted by atomic mass is 16.5. The third-order valence-electron chi connectivity index (χ3n) is 4.17. The summed E-state index contributed by atoms with van der Waals surface area (Å²) >= 11 is 0. The maximum absolute atomic E-state index is 12.4. The van der Waals surface area contributed by atoms with E-state index >= 15 is 0 Å². The maximum Gasteiger partial charge on any atom is 0.227 e. The Morgan fingerprint density at radius 3 is 2.78 bits per heavy atom. The molecule has 2 aromatic rings. The van der Waals surface area contributed by atoms with Crippen LogP contribution >= 0.6 is 0 Å². The SMILES string of the molecule is O=C(Cc1cccnc1)N1CCOC(CCc2ccccc2)C1. The number of pyridine rings is 1. The average molecular weight is 310 g/mol. The number of rotatable bonds is 5. The second kappa shape index (κ2) is 7.88. The van der Waals surface area contributed by atoms with E-state index in [0.717, 1.165) is 18.4 Å². The third kappa shape index (κ3) is 4.63. The van der Waals surface area contributed by atoms with Crippen LogP contribution in [0.1, 0.15) is 17.5 Å². The quantitative estimate of drug-likeness (QED) is 0.852. The Balaban J connectivity index is 1.50. The van der Waals surface area contributed by atoms with Crippen molar-refractivity contribution in [2.45, 2.75) is 25.4 Å². The number of hydrogen-bond donors (Lipinski definition) is 0. The number of amides is 1. The molecule has 0 bridgehead atoms. The van der Waals surface area contributed by atoms with Crippen molar-refractivity contribution >= 4 is 5.91 Å². The molecule has 0 aliphatic carbocycles. The van der Waals surface area contributed by atoms with Gasteiger partial charge in [0.05, 0.1) is 19.1 Å². The Hall–Kier alpha value is -2.20. The molecule has 4 heteroatoms. The van der Waals surface area contributed by atoms with E-state index in [2.05, 4.69) is 29.2 Å². The Bertz CT molecular complexity index is 616. The summed E-state index contributed by atoms with van der Waals surface area (Å²) < 4.78 is 5.82. The van der Waals surface area contributed by atoms with Crippen LogP contribution in [0.5, 0.6) is 0 Å². The van der Waals surface area contributed by atoms with Crippen molar-refractivity contribution in [2.24, 2.45) is 0 Å².